The van der Waals surface area contributed by atoms with Crippen LogP contribution in [0.25, 0.3) is 0 Å². The number of ether oxygens (including phenoxy) is 1. The second kappa shape index (κ2) is 6.72. The first kappa shape index (κ1) is 14.8. The van der Waals surface area contributed by atoms with E-state index >= 15 is 0 Å². The molecule has 0 radical (unpaired) electrons. The van der Waals surface area contributed by atoms with Crippen molar-refractivity contribution in [2.75, 3.05) is 7.11 Å². The summed E-state index contributed by atoms with van der Waals surface area (Å²) < 4.78 is 31.8. The zero-order valence-corrected chi connectivity index (χ0v) is 11.8. The summed E-state index contributed by atoms with van der Waals surface area (Å²) >= 11 is 1.25. The van der Waals surface area contributed by atoms with Gasteiger partial charge in [-0.3, -0.25) is 0 Å². The van der Waals surface area contributed by atoms with Crippen molar-refractivity contribution in [1.29, 1.82) is 0 Å². The van der Waals surface area contributed by atoms with E-state index in [1.165, 1.54) is 17.8 Å². The number of hydrogen-bond donors (Lipinski definition) is 1. The highest BCUT2D eigenvalue weighted by Gasteiger charge is 2.07. The number of nitrogens with two attached hydrogens (primary N) is 1. The summed E-state index contributed by atoms with van der Waals surface area (Å²) in [7, 11) is 1.58. The Morgan fingerprint density at radius 2 is 1.95 bits per heavy atom. The molecule has 106 valence electrons. The highest BCUT2D eigenvalue weighted by atomic mass is 32.2. The largest absolute Gasteiger partial charge is 0.496 e. The molecule has 2 N–H and O–H groups in total. The van der Waals surface area contributed by atoms with Crippen molar-refractivity contribution in [2.45, 2.75) is 17.2 Å². The highest BCUT2D eigenvalue weighted by Crippen LogP contribution is 2.28. The lowest BCUT2D eigenvalue weighted by Crippen LogP contribution is -2.00. The van der Waals surface area contributed by atoms with Crippen LogP contribution in [-0.4, -0.2) is 7.11 Å². The maximum atomic E-state index is 13.5. The maximum absolute atomic E-state index is 13.5. The lowest BCUT2D eigenvalue weighted by atomic mass is 10.1. The van der Waals surface area contributed by atoms with Crippen molar-refractivity contribution in [2.24, 2.45) is 5.73 Å². The Labute approximate surface area is 120 Å². The third-order valence-electron chi connectivity index (χ3n) is 2.86. The summed E-state index contributed by atoms with van der Waals surface area (Å²) in [4.78, 5) is 0.298. The van der Waals surface area contributed by atoms with Crippen LogP contribution in [0.15, 0.2) is 41.3 Å². The van der Waals surface area contributed by atoms with Crippen LogP contribution in [-0.2, 0) is 12.3 Å². The van der Waals surface area contributed by atoms with Crippen LogP contribution >= 0.6 is 11.8 Å². The van der Waals surface area contributed by atoms with Crippen LogP contribution in [0.5, 0.6) is 5.75 Å². The average molecular weight is 295 g/mol. The van der Waals surface area contributed by atoms with Crippen molar-refractivity contribution in [1.82, 2.24) is 0 Å². The average Bonchev–Trinajstić information content (AvgIpc) is 2.47. The molecule has 0 amide bonds. The molecule has 0 saturated heterocycles. The van der Waals surface area contributed by atoms with E-state index in [9.17, 15) is 8.78 Å². The van der Waals surface area contributed by atoms with Crippen molar-refractivity contribution < 1.29 is 13.5 Å². The minimum absolute atomic E-state index is 0.298. The Balaban J connectivity index is 2.12. The van der Waals surface area contributed by atoms with Gasteiger partial charge < -0.3 is 10.5 Å². The minimum Gasteiger partial charge on any atom is -0.496 e. The number of methoxy groups -OCH3 is 1. The van der Waals surface area contributed by atoms with Gasteiger partial charge in [0.05, 0.1) is 7.11 Å². The Morgan fingerprint density at radius 1 is 1.15 bits per heavy atom. The van der Waals surface area contributed by atoms with E-state index in [2.05, 4.69) is 0 Å². The molecule has 0 unspecified atom stereocenters. The third-order valence-corrected chi connectivity index (χ3v) is 3.96. The van der Waals surface area contributed by atoms with E-state index in [0.29, 0.717) is 22.9 Å². The van der Waals surface area contributed by atoms with E-state index in [4.69, 9.17) is 10.5 Å². The molecule has 2 aromatic carbocycles. The number of hydrogen-bond acceptors (Lipinski definition) is 3. The second-order valence-corrected chi connectivity index (χ2v) is 5.23. The lowest BCUT2D eigenvalue weighted by molar-refractivity contribution is 0.409. The summed E-state index contributed by atoms with van der Waals surface area (Å²) in [5.41, 5.74) is 7.48. The van der Waals surface area contributed by atoms with E-state index in [-0.39, 0.29) is 0 Å². The Hall–Kier alpha value is -1.59. The van der Waals surface area contributed by atoms with Crippen LogP contribution in [0.4, 0.5) is 8.78 Å². The lowest BCUT2D eigenvalue weighted by Gasteiger charge is -2.09. The van der Waals surface area contributed by atoms with Gasteiger partial charge in [-0.1, -0.05) is 12.1 Å². The topological polar surface area (TPSA) is 35.2 Å². The molecule has 2 aromatic rings. The molecule has 0 aliphatic heterocycles. The Bertz CT molecular complexity index is 604. The molecule has 0 saturated carbocycles. The summed E-state index contributed by atoms with van der Waals surface area (Å²) in [5, 5.41) is 0. The Kier molecular flexibility index (Phi) is 4.98. The van der Waals surface area contributed by atoms with Gasteiger partial charge in [-0.05, 0) is 29.8 Å². The summed E-state index contributed by atoms with van der Waals surface area (Å²) in [6.07, 6.45) is 0. The predicted molar refractivity (Wildman–Crippen MR) is 76.8 cm³/mol. The fraction of sp³-hybridized carbons (Fsp3) is 0.200. The second-order valence-electron chi connectivity index (χ2n) is 4.21. The quantitative estimate of drug-likeness (QED) is 0.854. The van der Waals surface area contributed by atoms with E-state index in [0.717, 1.165) is 23.3 Å². The predicted octanol–water partition coefficient (Wildman–Crippen LogP) is 3.72. The highest BCUT2D eigenvalue weighted by molar-refractivity contribution is 7.98. The number of halogens is 2. The van der Waals surface area contributed by atoms with E-state index < -0.39 is 11.6 Å². The zero-order chi connectivity index (χ0) is 14.5. The van der Waals surface area contributed by atoms with Crippen LogP contribution < -0.4 is 10.5 Å². The molecule has 0 bridgehead atoms. The van der Waals surface area contributed by atoms with Gasteiger partial charge in [0.1, 0.15) is 17.4 Å². The SMILES string of the molecule is COc1cc(CSc2cc(F)ccc2F)ccc1CN. The number of thioether (sulfide) groups is 1. The van der Waals surface area contributed by atoms with Crippen molar-refractivity contribution in [3.8, 4) is 5.75 Å². The van der Waals surface area contributed by atoms with E-state index in [1.807, 2.05) is 18.2 Å². The smallest absolute Gasteiger partial charge is 0.136 e. The molecule has 0 spiro atoms. The van der Waals surface area contributed by atoms with Gasteiger partial charge in [-0.15, -0.1) is 11.8 Å². The molecule has 0 heterocycles. The molecular formula is C15H15F2NOS. The van der Waals surface area contributed by atoms with Crippen LogP contribution in [0.3, 0.4) is 0 Å². The first-order valence-electron chi connectivity index (χ1n) is 6.07. The Morgan fingerprint density at radius 3 is 2.65 bits per heavy atom. The minimum atomic E-state index is -0.440. The number of rotatable bonds is 5. The van der Waals surface area contributed by atoms with Crippen LogP contribution in [0.1, 0.15) is 11.1 Å². The molecule has 2 rings (SSSR count). The zero-order valence-electron chi connectivity index (χ0n) is 11.0. The first-order valence-corrected chi connectivity index (χ1v) is 7.06. The van der Waals surface area contributed by atoms with Gasteiger partial charge >= 0.3 is 0 Å². The normalized spacial score (nSPS) is 10.6. The fourth-order valence-electron chi connectivity index (χ4n) is 1.80. The van der Waals surface area contributed by atoms with Crippen LogP contribution in [0, 0.1) is 11.6 Å². The first-order chi connectivity index (χ1) is 9.63. The standard InChI is InChI=1S/C15H15F2NOS/c1-19-14-6-10(2-3-11(14)8-18)9-20-15-7-12(16)4-5-13(15)17/h2-7H,8-9,18H2,1H3. The molecule has 0 aliphatic rings. The molecule has 0 fully saturated rings. The van der Waals surface area contributed by atoms with Gasteiger partial charge in [-0.2, -0.15) is 0 Å². The maximum Gasteiger partial charge on any atom is 0.136 e. The molecule has 5 heteroatoms. The molecular weight excluding hydrogens is 280 g/mol. The number of benzene rings is 2. The van der Waals surface area contributed by atoms with Crippen LogP contribution in [0.2, 0.25) is 0 Å². The molecule has 0 aliphatic carbocycles. The van der Waals surface area contributed by atoms with Crippen molar-refractivity contribution in [3.05, 3.63) is 59.2 Å². The van der Waals surface area contributed by atoms with Gasteiger partial charge in [0.15, 0.2) is 0 Å². The molecule has 0 atom stereocenters. The van der Waals surface area contributed by atoms with E-state index in [1.54, 1.807) is 7.11 Å². The molecule has 20 heavy (non-hydrogen) atoms. The van der Waals surface area contributed by atoms with Gasteiger partial charge in [0.25, 0.3) is 0 Å². The fourth-order valence-corrected chi connectivity index (χ4v) is 2.70. The van der Waals surface area contributed by atoms with Crippen molar-refractivity contribution >= 4 is 11.8 Å². The summed E-state index contributed by atoms with van der Waals surface area (Å²) in [6, 6.07) is 9.11. The monoisotopic (exact) mass is 295 g/mol. The van der Waals surface area contributed by atoms with Gasteiger partial charge in [0.2, 0.25) is 0 Å². The summed E-state index contributed by atoms with van der Waals surface area (Å²) in [5.74, 6) is 0.388. The van der Waals surface area contributed by atoms with Gasteiger partial charge in [0, 0.05) is 22.8 Å². The van der Waals surface area contributed by atoms with Gasteiger partial charge in [-0.25, -0.2) is 8.78 Å². The third kappa shape index (κ3) is 3.49. The molecule has 2 nitrogen and oxygen atoms in total. The van der Waals surface area contributed by atoms with Crippen molar-refractivity contribution in [3.63, 3.8) is 0 Å². The summed E-state index contributed by atoms with van der Waals surface area (Å²) in [6.45, 7) is 0.398. The molecule has 0 aromatic heterocycles.